The number of rotatable bonds is 10. The highest BCUT2D eigenvalue weighted by Gasteiger charge is 2.23. The lowest BCUT2D eigenvalue weighted by Crippen LogP contribution is -2.43. The summed E-state index contributed by atoms with van der Waals surface area (Å²) in [6.07, 6.45) is 4.19. The number of thioether (sulfide) groups is 1. The first-order valence-corrected chi connectivity index (χ1v) is 13.4. The van der Waals surface area contributed by atoms with Crippen molar-refractivity contribution in [3.05, 3.63) is 24.3 Å². The van der Waals surface area contributed by atoms with Gasteiger partial charge in [0.15, 0.2) is 0 Å². The number of hydrogen-bond donors (Lipinski definition) is 2. The molecule has 2 N–H and O–H groups in total. The second-order valence-electron chi connectivity index (χ2n) is 7.59. The molecule has 0 saturated heterocycles. The van der Waals surface area contributed by atoms with Crippen LogP contribution >= 0.6 is 11.8 Å². The number of hydrogen-bond acceptors (Lipinski definition) is 8. The number of imide groups is 1. The van der Waals surface area contributed by atoms with Crippen molar-refractivity contribution in [3.8, 4) is 11.5 Å². The van der Waals surface area contributed by atoms with Crippen LogP contribution in [0.2, 0.25) is 0 Å². The summed E-state index contributed by atoms with van der Waals surface area (Å²) in [4.78, 5) is 24.0. The van der Waals surface area contributed by atoms with Crippen molar-refractivity contribution in [2.24, 2.45) is 0 Å². The summed E-state index contributed by atoms with van der Waals surface area (Å²) in [5.74, 6) is 0.155. The summed E-state index contributed by atoms with van der Waals surface area (Å²) < 4.78 is 32.5. The van der Waals surface area contributed by atoms with E-state index in [0.29, 0.717) is 24.4 Å². The Morgan fingerprint density at radius 3 is 2.61 bits per heavy atom. The van der Waals surface area contributed by atoms with Gasteiger partial charge in [-0.15, -0.1) is 10.2 Å². The second kappa shape index (κ2) is 11.6. The second-order valence-corrected chi connectivity index (χ2v) is 10.6. The third-order valence-corrected chi connectivity index (χ3v) is 8.19. The van der Waals surface area contributed by atoms with Crippen LogP contribution < -0.4 is 10.6 Å². The van der Waals surface area contributed by atoms with Gasteiger partial charge in [0.05, 0.1) is 4.90 Å². The van der Waals surface area contributed by atoms with E-state index in [9.17, 15) is 18.0 Å². The highest BCUT2D eigenvalue weighted by Crippen LogP contribution is 2.26. The molecule has 2 aromatic rings. The normalized spacial score (nSPS) is 14.5. The molecule has 10 nitrogen and oxygen atoms in total. The predicted molar refractivity (Wildman–Crippen MR) is 124 cm³/mol. The molecule has 0 bridgehead atoms. The summed E-state index contributed by atoms with van der Waals surface area (Å²) in [7, 11) is -3.61. The lowest BCUT2D eigenvalue weighted by atomic mass is 10.2. The first-order valence-electron chi connectivity index (χ1n) is 11.0. The number of aromatic nitrogens is 2. The number of urea groups is 1. The number of carbonyl (C=O) groups excluding carboxylic acids is 2. The SMILES string of the molecule is CCN(CC)S(=O)(=O)c1cccc(-c2nnc(SCCC(=O)NC(=O)NC3CCCC3)o2)c1. The quantitative estimate of drug-likeness (QED) is 0.480. The molecule has 1 heterocycles. The van der Waals surface area contributed by atoms with Crippen molar-refractivity contribution < 1.29 is 22.4 Å². The Bertz CT molecular complexity index is 1060. The topological polar surface area (TPSA) is 134 Å². The van der Waals surface area contributed by atoms with Gasteiger partial charge in [0.2, 0.25) is 21.8 Å². The van der Waals surface area contributed by atoms with Gasteiger partial charge in [0, 0.05) is 36.9 Å². The zero-order chi connectivity index (χ0) is 23.8. The van der Waals surface area contributed by atoms with Gasteiger partial charge in [-0.25, -0.2) is 13.2 Å². The molecule has 0 aliphatic heterocycles. The highest BCUT2D eigenvalue weighted by atomic mass is 32.2. The van der Waals surface area contributed by atoms with Crippen molar-refractivity contribution >= 4 is 33.7 Å². The summed E-state index contributed by atoms with van der Waals surface area (Å²) in [6, 6.07) is 6.04. The van der Waals surface area contributed by atoms with Crippen molar-refractivity contribution in [3.63, 3.8) is 0 Å². The van der Waals surface area contributed by atoms with Crippen LogP contribution in [0.25, 0.3) is 11.5 Å². The standard InChI is InChI=1S/C21H29N5O5S2/c1-3-26(4-2)33(29,30)17-11-7-8-15(14-17)19-24-25-21(31-19)32-13-12-18(27)23-20(28)22-16-9-5-6-10-16/h7-8,11,14,16H,3-6,9-10,12-13H2,1-2H3,(H2,22,23,27,28). The molecule has 33 heavy (non-hydrogen) atoms. The zero-order valence-electron chi connectivity index (χ0n) is 18.7. The Morgan fingerprint density at radius 1 is 1.18 bits per heavy atom. The Hall–Kier alpha value is -2.44. The number of benzene rings is 1. The molecule has 1 fully saturated rings. The first-order chi connectivity index (χ1) is 15.8. The molecule has 1 aromatic heterocycles. The minimum Gasteiger partial charge on any atom is -0.411 e. The van der Waals surface area contributed by atoms with Crippen molar-refractivity contribution in [1.82, 2.24) is 25.1 Å². The van der Waals surface area contributed by atoms with Gasteiger partial charge < -0.3 is 9.73 Å². The third-order valence-electron chi connectivity index (χ3n) is 5.33. The van der Waals surface area contributed by atoms with Gasteiger partial charge in [-0.05, 0) is 31.0 Å². The molecule has 3 rings (SSSR count). The molecule has 0 spiro atoms. The molecule has 0 atom stereocenters. The average molecular weight is 496 g/mol. The summed E-state index contributed by atoms with van der Waals surface area (Å²) in [5.41, 5.74) is 0.490. The Balaban J connectivity index is 1.53. The van der Waals surface area contributed by atoms with Crippen molar-refractivity contribution in [2.45, 2.75) is 62.1 Å². The number of sulfonamides is 1. The Morgan fingerprint density at radius 2 is 1.91 bits per heavy atom. The maximum Gasteiger partial charge on any atom is 0.321 e. The maximum absolute atomic E-state index is 12.8. The number of nitrogens with one attached hydrogen (secondary N) is 2. The summed E-state index contributed by atoms with van der Waals surface area (Å²) in [6.45, 7) is 4.32. The lowest BCUT2D eigenvalue weighted by Gasteiger charge is -2.18. The van der Waals surface area contributed by atoms with E-state index >= 15 is 0 Å². The van der Waals surface area contributed by atoms with Crippen LogP contribution in [0.4, 0.5) is 4.79 Å². The highest BCUT2D eigenvalue weighted by molar-refractivity contribution is 7.99. The molecule has 1 saturated carbocycles. The van der Waals surface area contributed by atoms with E-state index in [4.69, 9.17) is 4.42 Å². The number of carbonyl (C=O) groups is 2. The minimum atomic E-state index is -3.61. The summed E-state index contributed by atoms with van der Waals surface area (Å²) >= 11 is 1.19. The van der Waals surface area contributed by atoms with E-state index in [1.165, 1.54) is 28.2 Å². The van der Waals surface area contributed by atoms with Gasteiger partial charge in [0.1, 0.15) is 0 Å². The molecule has 12 heteroatoms. The van der Waals surface area contributed by atoms with E-state index in [0.717, 1.165) is 25.7 Å². The molecule has 0 unspecified atom stereocenters. The van der Waals surface area contributed by atoms with Crippen LogP contribution in [0.5, 0.6) is 0 Å². The Kier molecular flexibility index (Phi) is 8.87. The van der Waals surface area contributed by atoms with Gasteiger partial charge in [-0.3, -0.25) is 10.1 Å². The maximum atomic E-state index is 12.8. The van der Waals surface area contributed by atoms with E-state index < -0.39 is 16.1 Å². The average Bonchev–Trinajstić information content (AvgIpc) is 3.47. The number of amides is 3. The molecule has 3 amide bonds. The molecule has 0 radical (unpaired) electrons. The molecular weight excluding hydrogens is 466 g/mol. The van der Waals surface area contributed by atoms with Gasteiger partial charge in [-0.2, -0.15) is 4.31 Å². The molecule has 180 valence electrons. The largest absolute Gasteiger partial charge is 0.411 e. The minimum absolute atomic E-state index is 0.109. The fourth-order valence-electron chi connectivity index (χ4n) is 3.60. The van der Waals surface area contributed by atoms with Gasteiger partial charge >= 0.3 is 6.03 Å². The van der Waals surface area contributed by atoms with Crippen LogP contribution in [0.15, 0.2) is 38.8 Å². The third kappa shape index (κ3) is 6.78. The van der Waals surface area contributed by atoms with Crippen LogP contribution in [0, 0.1) is 0 Å². The molecule has 1 aliphatic carbocycles. The predicted octanol–water partition coefficient (Wildman–Crippen LogP) is 3.02. The monoisotopic (exact) mass is 495 g/mol. The van der Waals surface area contributed by atoms with Gasteiger partial charge in [-0.1, -0.05) is 44.5 Å². The molecule has 1 aliphatic rings. The van der Waals surface area contributed by atoms with E-state index in [1.807, 2.05) is 0 Å². The van der Waals surface area contributed by atoms with Crippen molar-refractivity contribution in [1.29, 1.82) is 0 Å². The number of nitrogens with zero attached hydrogens (tertiary/aromatic N) is 3. The fraction of sp³-hybridized carbons (Fsp3) is 0.524. The van der Waals surface area contributed by atoms with Crippen LogP contribution in [-0.4, -0.2) is 59.7 Å². The van der Waals surface area contributed by atoms with E-state index in [-0.39, 0.29) is 34.4 Å². The smallest absolute Gasteiger partial charge is 0.321 e. The molecule has 1 aromatic carbocycles. The first kappa shape index (κ1) is 25.2. The van der Waals surface area contributed by atoms with Crippen LogP contribution in [-0.2, 0) is 14.8 Å². The zero-order valence-corrected chi connectivity index (χ0v) is 20.4. The Labute approximate surface area is 197 Å². The van der Waals surface area contributed by atoms with Crippen LogP contribution in [0.3, 0.4) is 0 Å². The fourth-order valence-corrected chi connectivity index (χ4v) is 5.80. The lowest BCUT2D eigenvalue weighted by molar-refractivity contribution is -0.119. The summed E-state index contributed by atoms with van der Waals surface area (Å²) in [5, 5.41) is 13.3. The van der Waals surface area contributed by atoms with E-state index in [1.54, 1.807) is 26.0 Å². The van der Waals surface area contributed by atoms with Gasteiger partial charge in [0.25, 0.3) is 5.22 Å². The van der Waals surface area contributed by atoms with Crippen LogP contribution in [0.1, 0.15) is 46.0 Å². The van der Waals surface area contributed by atoms with E-state index in [2.05, 4.69) is 20.8 Å². The van der Waals surface area contributed by atoms with Crippen molar-refractivity contribution in [2.75, 3.05) is 18.8 Å². The molecular formula is C21H29N5O5S2.